The van der Waals surface area contributed by atoms with E-state index in [1.165, 1.54) is 30.6 Å². The van der Waals surface area contributed by atoms with Crippen molar-refractivity contribution < 1.29 is 41.0 Å². The Balaban J connectivity index is 1.52. The fraction of sp³-hybridized carbons (Fsp3) is 0.342. The number of thiophene rings is 1. The highest BCUT2D eigenvalue weighted by atomic mass is 32.2. The van der Waals surface area contributed by atoms with Crippen LogP contribution in [0.5, 0.6) is 0 Å². The number of halogens is 3. The molecule has 0 radical (unpaired) electrons. The molecule has 0 fully saturated rings. The molecule has 2 aromatic heterocycles. The maximum Gasteiger partial charge on any atom is 0.413 e. The molecule has 4 N–H and O–H groups in total. The number of alkyl halides is 3. The lowest BCUT2D eigenvalue weighted by molar-refractivity contribution is -0.163. The van der Waals surface area contributed by atoms with Crippen LogP contribution in [0.2, 0.25) is 0 Å². The molecule has 2 heterocycles. The van der Waals surface area contributed by atoms with Gasteiger partial charge in [-0.15, -0.1) is 11.3 Å². The number of aromatic nitrogens is 2. The minimum atomic E-state index is -5.02. The van der Waals surface area contributed by atoms with Gasteiger partial charge in [0.1, 0.15) is 6.04 Å². The van der Waals surface area contributed by atoms with E-state index >= 15 is 0 Å². The van der Waals surface area contributed by atoms with Gasteiger partial charge in [0.05, 0.1) is 42.0 Å². The van der Waals surface area contributed by atoms with Gasteiger partial charge in [-0.25, -0.2) is 18.2 Å². The van der Waals surface area contributed by atoms with Crippen LogP contribution in [0.4, 0.5) is 18.0 Å². The van der Waals surface area contributed by atoms with Gasteiger partial charge in [0.2, 0.25) is 15.9 Å². The summed E-state index contributed by atoms with van der Waals surface area (Å²) in [5.41, 5.74) is 1.78. The molecule has 288 valence electrons. The number of methoxy groups -OCH3 is 1. The largest absolute Gasteiger partial charge is 0.453 e. The second kappa shape index (κ2) is 16.7. The molecule has 0 saturated carbocycles. The predicted molar refractivity (Wildman–Crippen MR) is 199 cm³/mol. The summed E-state index contributed by atoms with van der Waals surface area (Å²) in [6.07, 6.45) is -4.25. The summed E-state index contributed by atoms with van der Waals surface area (Å²) in [6.45, 7) is 4.98. The van der Waals surface area contributed by atoms with Crippen molar-refractivity contribution in [3.8, 4) is 0 Å². The number of alkyl carbamates (subject to hydrolysis) is 1. The van der Waals surface area contributed by atoms with E-state index in [0.29, 0.717) is 39.9 Å². The number of nitrogens with one attached hydrogen (secondary N) is 3. The van der Waals surface area contributed by atoms with E-state index in [9.17, 15) is 36.3 Å². The summed E-state index contributed by atoms with van der Waals surface area (Å²) in [7, 11) is -3.23. The van der Waals surface area contributed by atoms with Crippen molar-refractivity contribution in [3.05, 3.63) is 118 Å². The Bertz CT molecular complexity index is 2100. The van der Waals surface area contributed by atoms with Crippen LogP contribution < -0.4 is 10.6 Å². The molecule has 16 heteroatoms. The number of ether oxygens (including phenoxy) is 1. The van der Waals surface area contributed by atoms with Gasteiger partial charge >= 0.3 is 12.3 Å². The van der Waals surface area contributed by atoms with Gasteiger partial charge in [0, 0.05) is 22.2 Å². The molecule has 0 bridgehead atoms. The maximum absolute atomic E-state index is 14.9. The zero-order valence-electron chi connectivity index (χ0n) is 30.0. The quantitative estimate of drug-likeness (QED) is 0.0941. The maximum atomic E-state index is 14.9. The number of aromatic amines is 1. The first-order valence-electron chi connectivity index (χ1n) is 17.0. The number of carbonyl (C=O) groups is 2. The summed E-state index contributed by atoms with van der Waals surface area (Å²) in [5, 5.41) is 15.2. The van der Waals surface area contributed by atoms with Gasteiger partial charge < -0.3 is 25.5 Å². The highest BCUT2D eigenvalue weighted by molar-refractivity contribution is 7.89. The first-order valence-corrected chi connectivity index (χ1v) is 19.3. The van der Waals surface area contributed by atoms with Crippen LogP contribution in [-0.2, 0) is 19.6 Å². The molecule has 0 aliphatic heterocycles. The molecule has 11 nitrogen and oxygen atoms in total. The third-order valence-electron chi connectivity index (χ3n) is 8.87. The lowest BCUT2D eigenvalue weighted by Gasteiger charge is -2.32. The molecule has 0 aliphatic carbocycles. The van der Waals surface area contributed by atoms with Crippen LogP contribution in [0.1, 0.15) is 66.1 Å². The van der Waals surface area contributed by atoms with Crippen LogP contribution >= 0.6 is 11.3 Å². The van der Waals surface area contributed by atoms with Crippen molar-refractivity contribution in [2.75, 3.05) is 20.3 Å². The first kappa shape index (κ1) is 40.4. The Morgan fingerprint density at radius 1 is 0.926 bits per heavy atom. The Morgan fingerprint density at radius 2 is 1.54 bits per heavy atom. The van der Waals surface area contributed by atoms with Crippen molar-refractivity contribution in [2.45, 2.75) is 62.3 Å². The number of aliphatic hydroxyl groups is 1. The normalized spacial score (nSPS) is 14.2. The Kier molecular flexibility index (Phi) is 12.5. The standard InChI is InChI=1S/C38H42F3N5O6S2/c1-37(2,3)19-20-46(54(50,51)26-15-16-27-28(21-26)43-23-42-27)29(22-47)30-17-18-31(53-30)34(38(39,40)41)45-35(48)33(44-36(49)52-4)32(24-11-7-5-8-12-24)25-13-9-6-10-14-25/h5-18,21,23,29,32-34,47H,19-20,22H2,1-4H3,(H,42,43)(H,44,49)(H,45,48)/t29-,33+,34-/m1/s1. The zero-order valence-corrected chi connectivity index (χ0v) is 31.6. The van der Waals surface area contributed by atoms with Crippen molar-refractivity contribution in [2.24, 2.45) is 5.41 Å². The number of carbonyl (C=O) groups excluding carboxylic acids is 2. The monoisotopic (exact) mass is 785 g/mol. The van der Waals surface area contributed by atoms with E-state index < -0.39 is 58.9 Å². The van der Waals surface area contributed by atoms with Crippen LogP contribution in [0.25, 0.3) is 11.0 Å². The molecule has 3 atom stereocenters. The van der Waals surface area contributed by atoms with Crippen LogP contribution in [0.15, 0.2) is 102 Å². The number of nitrogens with zero attached hydrogens (tertiary/aromatic N) is 2. The van der Waals surface area contributed by atoms with Crippen molar-refractivity contribution in [1.29, 1.82) is 0 Å². The number of benzene rings is 3. The Labute approximate surface area is 315 Å². The summed E-state index contributed by atoms with van der Waals surface area (Å²) < 4.78 is 79.1. The molecule has 5 rings (SSSR count). The van der Waals surface area contributed by atoms with Crippen molar-refractivity contribution in [1.82, 2.24) is 24.9 Å². The van der Waals surface area contributed by atoms with Crippen LogP contribution in [0.3, 0.4) is 0 Å². The molecule has 3 aromatic carbocycles. The van der Waals surface area contributed by atoms with Gasteiger partial charge in [-0.05, 0) is 53.3 Å². The second-order valence-electron chi connectivity index (χ2n) is 13.8. The van der Waals surface area contributed by atoms with Gasteiger partial charge in [0.25, 0.3) is 0 Å². The molecule has 0 saturated heterocycles. The third kappa shape index (κ3) is 9.47. The highest BCUT2D eigenvalue weighted by Crippen LogP contribution is 2.41. The molecular weight excluding hydrogens is 744 g/mol. The van der Waals surface area contributed by atoms with Crippen molar-refractivity contribution in [3.63, 3.8) is 0 Å². The molecule has 0 aliphatic rings. The SMILES string of the molecule is COC(=O)N[C@H](C(=O)N[C@H](c1ccc([C@@H](CO)N(CCC(C)(C)C)S(=O)(=O)c2ccc3nc[nH]c3c2)s1)C(F)(F)F)C(c1ccccc1)c1ccccc1. The molecule has 2 amide bonds. The van der Waals surface area contributed by atoms with Gasteiger partial charge in [0.15, 0.2) is 6.04 Å². The smallest absolute Gasteiger partial charge is 0.413 e. The summed E-state index contributed by atoms with van der Waals surface area (Å²) >= 11 is 0.622. The van der Waals surface area contributed by atoms with Gasteiger partial charge in [-0.2, -0.15) is 17.5 Å². The van der Waals surface area contributed by atoms with Gasteiger partial charge in [-0.1, -0.05) is 81.4 Å². The number of H-pyrrole nitrogens is 1. The number of fused-ring (bicyclic) bond motifs is 1. The van der Waals surface area contributed by atoms with E-state index in [2.05, 4.69) is 20.6 Å². The van der Waals surface area contributed by atoms with Gasteiger partial charge in [-0.3, -0.25) is 4.79 Å². The first-order chi connectivity index (χ1) is 25.5. The number of aliphatic hydroxyl groups excluding tert-OH is 1. The minimum Gasteiger partial charge on any atom is -0.453 e. The van der Waals surface area contributed by atoms with E-state index in [1.807, 2.05) is 20.8 Å². The molecule has 54 heavy (non-hydrogen) atoms. The molecular formula is C38H42F3N5O6S2. The van der Waals surface area contributed by atoms with E-state index in [-0.39, 0.29) is 26.6 Å². The number of hydrogen-bond acceptors (Lipinski definition) is 8. The average Bonchev–Trinajstić information content (AvgIpc) is 3.81. The summed E-state index contributed by atoms with van der Waals surface area (Å²) in [6, 6.07) is 18.6. The Hall–Kier alpha value is -4.77. The lowest BCUT2D eigenvalue weighted by Crippen LogP contribution is -2.52. The topological polar surface area (TPSA) is 154 Å². The number of sulfonamides is 1. The number of hydrogen-bond donors (Lipinski definition) is 4. The predicted octanol–water partition coefficient (Wildman–Crippen LogP) is 7.06. The lowest BCUT2D eigenvalue weighted by atomic mass is 9.84. The van der Waals surface area contributed by atoms with Crippen LogP contribution in [0, 0.1) is 5.41 Å². The highest BCUT2D eigenvalue weighted by Gasteiger charge is 2.46. The zero-order chi connectivity index (χ0) is 39.3. The molecule has 5 aromatic rings. The summed E-state index contributed by atoms with van der Waals surface area (Å²) in [5.74, 6) is -2.06. The number of imidazole rings is 1. The second-order valence-corrected chi connectivity index (χ2v) is 16.9. The minimum absolute atomic E-state index is 0.0496. The molecule has 0 spiro atoms. The number of amides is 2. The fourth-order valence-electron chi connectivity index (χ4n) is 6.06. The fourth-order valence-corrected chi connectivity index (χ4v) is 8.94. The third-order valence-corrected chi connectivity index (χ3v) is 12.0. The molecule has 0 unspecified atom stereocenters. The van der Waals surface area contributed by atoms with E-state index in [4.69, 9.17) is 4.74 Å². The van der Waals surface area contributed by atoms with Crippen molar-refractivity contribution >= 4 is 44.4 Å². The number of rotatable bonds is 14. The van der Waals surface area contributed by atoms with Crippen LogP contribution in [-0.4, -0.2) is 72.3 Å². The average molecular weight is 786 g/mol. The van der Waals surface area contributed by atoms with E-state index in [0.717, 1.165) is 17.5 Å². The Morgan fingerprint density at radius 3 is 2.09 bits per heavy atom. The summed E-state index contributed by atoms with van der Waals surface area (Å²) in [4.78, 5) is 33.3. The van der Waals surface area contributed by atoms with E-state index in [1.54, 1.807) is 60.7 Å².